The van der Waals surface area contributed by atoms with Crippen LogP contribution in [0.3, 0.4) is 0 Å². The number of hydrogen-bond donors (Lipinski definition) is 1. The average molecular weight is 369 g/mol. The van der Waals surface area contributed by atoms with Crippen molar-refractivity contribution in [1.29, 1.82) is 5.26 Å². The number of rotatable bonds is 5. The van der Waals surface area contributed by atoms with Crippen LogP contribution in [0.5, 0.6) is 5.75 Å². The van der Waals surface area contributed by atoms with Crippen molar-refractivity contribution in [3.63, 3.8) is 0 Å². The molecule has 0 fully saturated rings. The zero-order valence-corrected chi connectivity index (χ0v) is 16.0. The van der Waals surface area contributed by atoms with Gasteiger partial charge in [-0.25, -0.2) is 0 Å². The molecule has 4 nitrogen and oxygen atoms in total. The Morgan fingerprint density at radius 2 is 2.04 bits per heavy atom. The summed E-state index contributed by atoms with van der Waals surface area (Å²) in [6.45, 7) is 6.05. The molecule has 0 saturated heterocycles. The molecule has 1 N–H and O–H groups in total. The molecule has 2 aromatic rings. The fraction of sp³-hybridized carbons (Fsp3) is 0.238. The second kappa shape index (κ2) is 8.55. The lowest BCUT2D eigenvalue weighted by molar-refractivity contribution is -0.112. The van der Waals surface area contributed by atoms with Gasteiger partial charge in [0.1, 0.15) is 17.4 Å². The van der Waals surface area contributed by atoms with Crippen LogP contribution >= 0.6 is 11.6 Å². The number of hydrogen-bond acceptors (Lipinski definition) is 3. The fourth-order valence-electron chi connectivity index (χ4n) is 2.57. The number of carbonyl (C=O) groups excluding carboxylic acids is 1. The third-order valence-electron chi connectivity index (χ3n) is 3.99. The molecule has 2 aromatic carbocycles. The van der Waals surface area contributed by atoms with Gasteiger partial charge in [-0.05, 0) is 65.9 Å². The molecular formula is C21H21ClN2O2. The van der Waals surface area contributed by atoms with Gasteiger partial charge in [0.05, 0.1) is 7.11 Å². The molecule has 0 bridgehead atoms. The van der Waals surface area contributed by atoms with Crippen LogP contribution in [0.2, 0.25) is 5.02 Å². The molecule has 0 aromatic heterocycles. The lowest BCUT2D eigenvalue weighted by Crippen LogP contribution is -2.13. The van der Waals surface area contributed by atoms with Crippen molar-refractivity contribution in [2.75, 3.05) is 12.4 Å². The second-order valence-corrected chi connectivity index (χ2v) is 6.68. The Balaban J connectivity index is 2.37. The first-order valence-electron chi connectivity index (χ1n) is 8.23. The van der Waals surface area contributed by atoms with Crippen LogP contribution in [0, 0.1) is 18.3 Å². The van der Waals surface area contributed by atoms with E-state index < -0.39 is 5.91 Å². The largest absolute Gasteiger partial charge is 0.496 e. The highest BCUT2D eigenvalue weighted by Crippen LogP contribution is 2.30. The van der Waals surface area contributed by atoms with Crippen LogP contribution in [-0.4, -0.2) is 13.0 Å². The van der Waals surface area contributed by atoms with Gasteiger partial charge in [-0.3, -0.25) is 4.79 Å². The summed E-state index contributed by atoms with van der Waals surface area (Å²) in [7, 11) is 1.63. The van der Waals surface area contributed by atoms with Crippen LogP contribution in [0.4, 0.5) is 5.69 Å². The number of amides is 1. The van der Waals surface area contributed by atoms with E-state index in [1.807, 2.05) is 25.1 Å². The molecule has 5 heteroatoms. The maximum absolute atomic E-state index is 12.4. The second-order valence-electron chi connectivity index (χ2n) is 6.24. The van der Waals surface area contributed by atoms with Gasteiger partial charge in [0.2, 0.25) is 0 Å². The van der Waals surface area contributed by atoms with Gasteiger partial charge in [-0.2, -0.15) is 5.26 Å². The minimum atomic E-state index is -0.476. The Morgan fingerprint density at radius 1 is 1.31 bits per heavy atom. The molecule has 0 aliphatic heterocycles. The molecular weight excluding hydrogens is 348 g/mol. The molecule has 0 aliphatic rings. The van der Waals surface area contributed by atoms with Crippen molar-refractivity contribution >= 4 is 29.3 Å². The Hall–Kier alpha value is -2.77. The first-order valence-corrected chi connectivity index (χ1v) is 8.60. The number of nitrogens with zero attached hydrogens (tertiary/aromatic N) is 1. The smallest absolute Gasteiger partial charge is 0.266 e. The van der Waals surface area contributed by atoms with Crippen molar-refractivity contribution in [3.8, 4) is 11.8 Å². The first kappa shape index (κ1) is 19.6. The number of nitrogens with one attached hydrogen (secondary N) is 1. The number of aryl methyl sites for hydroxylation is 1. The van der Waals surface area contributed by atoms with E-state index in [9.17, 15) is 10.1 Å². The summed E-state index contributed by atoms with van der Waals surface area (Å²) >= 11 is 5.93. The first-order chi connectivity index (χ1) is 12.3. The number of benzene rings is 2. The summed E-state index contributed by atoms with van der Waals surface area (Å²) in [6.07, 6.45) is 1.60. The zero-order chi connectivity index (χ0) is 19.3. The van der Waals surface area contributed by atoms with Gasteiger partial charge in [0.15, 0.2) is 0 Å². The maximum Gasteiger partial charge on any atom is 0.266 e. The highest BCUT2D eigenvalue weighted by atomic mass is 35.5. The molecule has 134 valence electrons. The quantitative estimate of drug-likeness (QED) is 0.573. The summed E-state index contributed by atoms with van der Waals surface area (Å²) in [4.78, 5) is 12.4. The Bertz CT molecular complexity index is 895. The summed E-state index contributed by atoms with van der Waals surface area (Å²) < 4.78 is 5.43. The fourth-order valence-corrected chi connectivity index (χ4v) is 2.76. The third kappa shape index (κ3) is 4.65. The molecule has 0 saturated carbocycles. The SMILES string of the molecule is COc1cc(C)c(/C=C(\C#N)C(=O)Nc2cccc(Cl)c2)cc1C(C)C. The molecule has 0 heterocycles. The molecule has 26 heavy (non-hydrogen) atoms. The van der Waals surface area contributed by atoms with E-state index in [2.05, 4.69) is 19.2 Å². The van der Waals surface area contributed by atoms with Gasteiger partial charge in [-0.1, -0.05) is 31.5 Å². The van der Waals surface area contributed by atoms with Gasteiger partial charge in [0, 0.05) is 10.7 Å². The van der Waals surface area contributed by atoms with Crippen LogP contribution in [0.25, 0.3) is 6.08 Å². The number of nitriles is 1. The lowest BCUT2D eigenvalue weighted by Gasteiger charge is -2.15. The van der Waals surface area contributed by atoms with E-state index in [0.717, 1.165) is 22.4 Å². The minimum Gasteiger partial charge on any atom is -0.496 e. The van der Waals surface area contributed by atoms with Gasteiger partial charge in [-0.15, -0.1) is 0 Å². The van der Waals surface area contributed by atoms with E-state index in [0.29, 0.717) is 10.7 Å². The predicted octanol–water partition coefficient (Wildman–Crippen LogP) is 5.33. The Labute approximate surface area is 159 Å². The van der Waals surface area contributed by atoms with Gasteiger partial charge in [0.25, 0.3) is 5.91 Å². The monoisotopic (exact) mass is 368 g/mol. The molecule has 1 amide bonds. The van der Waals surface area contributed by atoms with Crippen molar-refractivity contribution in [2.24, 2.45) is 0 Å². The van der Waals surface area contributed by atoms with E-state index in [-0.39, 0.29) is 11.5 Å². The van der Waals surface area contributed by atoms with Gasteiger partial charge < -0.3 is 10.1 Å². The van der Waals surface area contributed by atoms with Crippen LogP contribution in [0.1, 0.15) is 36.5 Å². The van der Waals surface area contributed by atoms with E-state index in [4.69, 9.17) is 16.3 Å². The number of halogens is 1. The van der Waals surface area contributed by atoms with Crippen molar-refractivity contribution < 1.29 is 9.53 Å². The molecule has 0 unspecified atom stereocenters. The van der Waals surface area contributed by atoms with E-state index >= 15 is 0 Å². The van der Waals surface area contributed by atoms with Crippen molar-refractivity contribution in [1.82, 2.24) is 0 Å². The zero-order valence-electron chi connectivity index (χ0n) is 15.3. The standard InChI is InChI=1S/C21H21ClN2O2/c1-13(2)19-10-15(14(3)8-20(19)26-4)9-16(12-23)21(25)24-18-7-5-6-17(22)11-18/h5-11,13H,1-4H3,(H,24,25)/b16-9+. The van der Waals surface area contributed by atoms with E-state index in [1.54, 1.807) is 37.5 Å². The number of methoxy groups -OCH3 is 1. The topological polar surface area (TPSA) is 62.1 Å². The minimum absolute atomic E-state index is 0.0212. The van der Waals surface area contributed by atoms with Crippen LogP contribution in [-0.2, 0) is 4.79 Å². The summed E-state index contributed by atoms with van der Waals surface area (Å²) in [6, 6.07) is 12.6. The number of carbonyl (C=O) groups is 1. The average Bonchev–Trinajstić information content (AvgIpc) is 2.59. The summed E-state index contributed by atoms with van der Waals surface area (Å²) in [5, 5.41) is 12.6. The highest BCUT2D eigenvalue weighted by Gasteiger charge is 2.14. The number of ether oxygens (including phenoxy) is 1. The molecule has 0 radical (unpaired) electrons. The highest BCUT2D eigenvalue weighted by molar-refractivity contribution is 6.31. The van der Waals surface area contributed by atoms with Crippen molar-refractivity contribution in [3.05, 3.63) is 63.7 Å². The van der Waals surface area contributed by atoms with Crippen LogP contribution in [0.15, 0.2) is 42.0 Å². The van der Waals surface area contributed by atoms with Crippen LogP contribution < -0.4 is 10.1 Å². The molecule has 0 atom stereocenters. The Morgan fingerprint density at radius 3 is 2.62 bits per heavy atom. The molecule has 0 spiro atoms. The van der Waals surface area contributed by atoms with Gasteiger partial charge >= 0.3 is 0 Å². The summed E-state index contributed by atoms with van der Waals surface area (Å²) in [5.74, 6) is 0.580. The summed E-state index contributed by atoms with van der Waals surface area (Å²) in [5.41, 5.74) is 3.32. The molecule has 2 rings (SSSR count). The maximum atomic E-state index is 12.4. The van der Waals surface area contributed by atoms with E-state index in [1.165, 1.54) is 0 Å². The predicted molar refractivity (Wildman–Crippen MR) is 105 cm³/mol. The normalized spacial score (nSPS) is 11.2. The number of anilines is 1. The Kier molecular flexibility index (Phi) is 6.43. The third-order valence-corrected chi connectivity index (χ3v) is 4.22. The van der Waals surface area contributed by atoms with Crippen molar-refractivity contribution in [2.45, 2.75) is 26.7 Å². The lowest BCUT2D eigenvalue weighted by atomic mass is 9.95. The molecule has 0 aliphatic carbocycles.